The van der Waals surface area contributed by atoms with E-state index in [0.717, 1.165) is 22.4 Å². The zero-order chi connectivity index (χ0) is 19.4. The summed E-state index contributed by atoms with van der Waals surface area (Å²) in [6.45, 7) is 4.31. The summed E-state index contributed by atoms with van der Waals surface area (Å²) in [6.07, 6.45) is 0.173. The van der Waals surface area contributed by atoms with Crippen molar-refractivity contribution in [2.75, 3.05) is 6.61 Å². The predicted octanol–water partition coefficient (Wildman–Crippen LogP) is 4.76. The Hall–Kier alpha value is -3.02. The van der Waals surface area contributed by atoms with E-state index in [1.807, 2.05) is 6.92 Å². The molecule has 0 spiro atoms. The van der Waals surface area contributed by atoms with Gasteiger partial charge in [0.15, 0.2) is 0 Å². The van der Waals surface area contributed by atoms with Crippen LogP contribution in [0.4, 0.5) is 8.78 Å². The average Bonchev–Trinajstić information content (AvgIpc) is 2.98. The molecule has 4 nitrogen and oxygen atoms in total. The summed E-state index contributed by atoms with van der Waals surface area (Å²) in [5, 5.41) is 4.63. The van der Waals surface area contributed by atoms with Gasteiger partial charge in [-0.2, -0.15) is 5.10 Å². The maximum atomic E-state index is 13.3. The van der Waals surface area contributed by atoms with E-state index in [1.165, 1.54) is 24.3 Å². The fourth-order valence-electron chi connectivity index (χ4n) is 3.00. The van der Waals surface area contributed by atoms with Gasteiger partial charge in [0.1, 0.15) is 11.6 Å². The van der Waals surface area contributed by atoms with Crippen molar-refractivity contribution < 1.29 is 18.3 Å². The highest BCUT2D eigenvalue weighted by Gasteiger charge is 2.18. The topological polar surface area (TPSA) is 44.1 Å². The van der Waals surface area contributed by atoms with Gasteiger partial charge in [-0.1, -0.05) is 0 Å². The van der Waals surface area contributed by atoms with Crippen molar-refractivity contribution in [3.63, 3.8) is 0 Å². The number of carbonyl (C=O) groups is 1. The second-order valence-electron chi connectivity index (χ2n) is 6.11. The van der Waals surface area contributed by atoms with Gasteiger partial charge in [0.05, 0.1) is 31.0 Å². The molecule has 2 aromatic carbocycles. The third kappa shape index (κ3) is 4.22. The molecule has 0 unspecified atom stereocenters. The summed E-state index contributed by atoms with van der Waals surface area (Å²) < 4.78 is 33.3. The lowest BCUT2D eigenvalue weighted by Crippen LogP contribution is -2.11. The summed E-state index contributed by atoms with van der Waals surface area (Å²) in [5.41, 5.74) is 3.92. The van der Waals surface area contributed by atoms with Crippen LogP contribution in [0.3, 0.4) is 0 Å². The number of hydrogen-bond acceptors (Lipinski definition) is 3. The van der Waals surface area contributed by atoms with Crippen molar-refractivity contribution in [3.8, 4) is 22.5 Å². The highest BCUT2D eigenvalue weighted by atomic mass is 19.1. The van der Waals surface area contributed by atoms with E-state index in [-0.39, 0.29) is 24.0 Å². The number of hydrogen-bond donors (Lipinski definition) is 0. The van der Waals surface area contributed by atoms with Crippen LogP contribution in [0.1, 0.15) is 18.9 Å². The Morgan fingerprint density at radius 3 is 2.11 bits per heavy atom. The molecule has 140 valence electrons. The van der Waals surface area contributed by atoms with Crippen LogP contribution in [-0.4, -0.2) is 22.4 Å². The van der Waals surface area contributed by atoms with E-state index in [1.54, 1.807) is 35.9 Å². The van der Waals surface area contributed by atoms with Gasteiger partial charge in [0, 0.05) is 16.7 Å². The normalized spacial score (nSPS) is 10.8. The number of benzene rings is 2. The van der Waals surface area contributed by atoms with Gasteiger partial charge >= 0.3 is 5.97 Å². The number of halogens is 2. The minimum Gasteiger partial charge on any atom is -0.466 e. The molecule has 0 saturated carbocycles. The van der Waals surface area contributed by atoms with Crippen molar-refractivity contribution >= 4 is 5.97 Å². The Morgan fingerprint density at radius 2 is 1.56 bits per heavy atom. The second kappa shape index (κ2) is 8.12. The van der Waals surface area contributed by atoms with Crippen LogP contribution < -0.4 is 0 Å². The summed E-state index contributed by atoms with van der Waals surface area (Å²) in [7, 11) is 0. The molecule has 3 rings (SSSR count). The van der Waals surface area contributed by atoms with Gasteiger partial charge in [0.25, 0.3) is 0 Å². The fraction of sp³-hybridized carbons (Fsp3) is 0.238. The van der Waals surface area contributed by atoms with E-state index in [9.17, 15) is 13.6 Å². The summed E-state index contributed by atoms with van der Waals surface area (Å²) in [4.78, 5) is 11.8. The van der Waals surface area contributed by atoms with Gasteiger partial charge in [-0.3, -0.25) is 9.48 Å². The molecule has 0 aliphatic rings. The van der Waals surface area contributed by atoms with Crippen LogP contribution in [0.25, 0.3) is 22.5 Å². The standard InChI is InChI=1S/C21H20F2N2O2/c1-3-27-19(26)12-13-25-21(16-6-10-18(23)11-7-16)14(2)20(24-25)15-4-8-17(22)9-5-15/h4-11H,3,12-13H2,1-2H3. The summed E-state index contributed by atoms with van der Waals surface area (Å²) in [6, 6.07) is 12.2. The largest absolute Gasteiger partial charge is 0.466 e. The van der Waals surface area contributed by atoms with Crippen LogP contribution in [0.2, 0.25) is 0 Å². The van der Waals surface area contributed by atoms with Crippen molar-refractivity contribution in [1.82, 2.24) is 9.78 Å². The number of rotatable bonds is 6. The third-order valence-corrected chi connectivity index (χ3v) is 4.26. The zero-order valence-corrected chi connectivity index (χ0v) is 15.2. The second-order valence-corrected chi connectivity index (χ2v) is 6.11. The number of nitrogens with zero attached hydrogens (tertiary/aromatic N) is 2. The van der Waals surface area contributed by atoms with E-state index < -0.39 is 0 Å². The van der Waals surface area contributed by atoms with Crippen LogP contribution in [-0.2, 0) is 16.1 Å². The lowest BCUT2D eigenvalue weighted by atomic mass is 10.0. The number of aryl methyl sites for hydroxylation is 1. The van der Waals surface area contributed by atoms with Crippen molar-refractivity contribution in [2.45, 2.75) is 26.8 Å². The van der Waals surface area contributed by atoms with Crippen LogP contribution in [0.15, 0.2) is 48.5 Å². The molecule has 1 heterocycles. The van der Waals surface area contributed by atoms with Crippen molar-refractivity contribution in [2.24, 2.45) is 0 Å². The molecule has 0 fully saturated rings. The molecular weight excluding hydrogens is 350 g/mol. The molecule has 27 heavy (non-hydrogen) atoms. The highest BCUT2D eigenvalue weighted by molar-refractivity contribution is 5.74. The first kappa shape index (κ1) is 18.8. The molecule has 0 aliphatic carbocycles. The van der Waals surface area contributed by atoms with Gasteiger partial charge in [0.2, 0.25) is 0 Å². The molecule has 1 aromatic heterocycles. The van der Waals surface area contributed by atoms with Crippen molar-refractivity contribution in [1.29, 1.82) is 0 Å². The number of ether oxygens (including phenoxy) is 1. The average molecular weight is 370 g/mol. The quantitative estimate of drug-likeness (QED) is 0.588. The predicted molar refractivity (Wildman–Crippen MR) is 99.0 cm³/mol. The van der Waals surface area contributed by atoms with E-state index in [2.05, 4.69) is 5.10 Å². The SMILES string of the molecule is CCOC(=O)CCn1nc(-c2ccc(F)cc2)c(C)c1-c1ccc(F)cc1. The molecule has 6 heteroatoms. The van der Waals surface area contributed by atoms with E-state index in [4.69, 9.17) is 4.74 Å². The smallest absolute Gasteiger partial charge is 0.307 e. The lowest BCUT2D eigenvalue weighted by Gasteiger charge is -2.08. The summed E-state index contributed by atoms with van der Waals surface area (Å²) >= 11 is 0. The molecule has 3 aromatic rings. The molecular formula is C21H20F2N2O2. The minimum atomic E-state index is -0.326. The molecule has 0 N–H and O–H groups in total. The summed E-state index contributed by atoms with van der Waals surface area (Å²) in [5.74, 6) is -0.955. The molecule has 0 amide bonds. The first-order chi connectivity index (χ1) is 13.0. The maximum absolute atomic E-state index is 13.3. The Balaban J connectivity index is 2.03. The maximum Gasteiger partial charge on any atom is 0.307 e. The molecule has 0 bridgehead atoms. The Morgan fingerprint density at radius 1 is 1.00 bits per heavy atom. The van der Waals surface area contributed by atoms with Gasteiger partial charge in [-0.05, 0) is 62.4 Å². The number of carbonyl (C=O) groups excluding carboxylic acids is 1. The van der Waals surface area contributed by atoms with Gasteiger partial charge in [-0.15, -0.1) is 0 Å². The Bertz CT molecular complexity index is 932. The van der Waals surface area contributed by atoms with E-state index >= 15 is 0 Å². The van der Waals surface area contributed by atoms with Crippen LogP contribution in [0.5, 0.6) is 0 Å². The molecule has 0 aliphatic heterocycles. The molecule has 0 saturated heterocycles. The zero-order valence-electron chi connectivity index (χ0n) is 15.2. The minimum absolute atomic E-state index is 0.173. The Labute approximate surface area is 156 Å². The van der Waals surface area contributed by atoms with Gasteiger partial charge < -0.3 is 4.74 Å². The Kier molecular flexibility index (Phi) is 5.64. The number of aromatic nitrogens is 2. The molecule has 0 atom stereocenters. The number of esters is 1. The first-order valence-electron chi connectivity index (χ1n) is 8.74. The van der Waals surface area contributed by atoms with Gasteiger partial charge in [-0.25, -0.2) is 8.78 Å². The van der Waals surface area contributed by atoms with E-state index in [0.29, 0.717) is 18.8 Å². The van der Waals surface area contributed by atoms with Crippen LogP contribution >= 0.6 is 0 Å². The lowest BCUT2D eigenvalue weighted by molar-refractivity contribution is -0.143. The molecule has 0 radical (unpaired) electrons. The fourth-order valence-corrected chi connectivity index (χ4v) is 3.00. The monoisotopic (exact) mass is 370 g/mol. The highest BCUT2D eigenvalue weighted by Crippen LogP contribution is 2.32. The third-order valence-electron chi connectivity index (χ3n) is 4.26. The van der Waals surface area contributed by atoms with Crippen LogP contribution in [0, 0.1) is 18.6 Å². The first-order valence-corrected chi connectivity index (χ1v) is 8.74. The van der Waals surface area contributed by atoms with Crippen molar-refractivity contribution in [3.05, 3.63) is 65.7 Å².